The molecule has 2 rings (SSSR count). The number of nitrogens with one attached hydrogen (secondary N) is 1. The van der Waals surface area contributed by atoms with E-state index in [-0.39, 0.29) is 12.5 Å². The molecule has 106 valence electrons. The van der Waals surface area contributed by atoms with Gasteiger partial charge in [0.25, 0.3) is 0 Å². The van der Waals surface area contributed by atoms with E-state index in [4.69, 9.17) is 5.11 Å². The van der Waals surface area contributed by atoms with E-state index in [1.807, 2.05) is 35.8 Å². The Labute approximate surface area is 122 Å². The second-order valence-corrected chi connectivity index (χ2v) is 5.48. The van der Waals surface area contributed by atoms with E-state index in [1.54, 1.807) is 11.3 Å². The van der Waals surface area contributed by atoms with E-state index in [9.17, 15) is 4.79 Å². The molecule has 0 radical (unpaired) electrons. The Morgan fingerprint density at radius 3 is 2.75 bits per heavy atom. The number of aliphatic carboxylic acids is 1. The molecule has 1 aromatic heterocycles. The van der Waals surface area contributed by atoms with Crippen molar-refractivity contribution < 1.29 is 9.90 Å². The van der Waals surface area contributed by atoms with Crippen LogP contribution in [0.2, 0.25) is 0 Å². The maximum Gasteiger partial charge on any atom is 0.307 e. The molecule has 5 heteroatoms. The lowest BCUT2D eigenvalue weighted by atomic mass is 10.0. The zero-order valence-corrected chi connectivity index (χ0v) is 12.2. The van der Waals surface area contributed by atoms with Crippen LogP contribution in [-0.4, -0.2) is 16.1 Å². The molecule has 0 aliphatic heterocycles. The van der Waals surface area contributed by atoms with Gasteiger partial charge in [0.2, 0.25) is 0 Å². The zero-order chi connectivity index (χ0) is 14.4. The van der Waals surface area contributed by atoms with Crippen LogP contribution in [-0.2, 0) is 17.8 Å². The fourth-order valence-corrected chi connectivity index (χ4v) is 2.91. The monoisotopic (exact) mass is 290 g/mol. The Morgan fingerprint density at radius 2 is 2.15 bits per heavy atom. The summed E-state index contributed by atoms with van der Waals surface area (Å²) in [6.45, 7) is 2.77. The first kappa shape index (κ1) is 14.7. The van der Waals surface area contributed by atoms with Crippen molar-refractivity contribution in [2.45, 2.75) is 32.4 Å². The van der Waals surface area contributed by atoms with Crippen LogP contribution in [0.5, 0.6) is 0 Å². The number of thiazole rings is 1. The summed E-state index contributed by atoms with van der Waals surface area (Å²) in [6.07, 6.45) is 2.82. The Hall–Kier alpha value is -1.72. The van der Waals surface area contributed by atoms with E-state index < -0.39 is 5.97 Å². The number of carboxylic acid groups (broad SMARTS) is 1. The third kappa shape index (κ3) is 3.88. The lowest BCUT2D eigenvalue weighted by Crippen LogP contribution is -2.21. The number of hydrogen-bond donors (Lipinski definition) is 2. The summed E-state index contributed by atoms with van der Waals surface area (Å²) in [6, 6.07) is 7.87. The van der Waals surface area contributed by atoms with E-state index in [0.717, 1.165) is 22.6 Å². The van der Waals surface area contributed by atoms with Gasteiger partial charge in [-0.15, -0.1) is 11.3 Å². The van der Waals surface area contributed by atoms with Gasteiger partial charge in [0.05, 0.1) is 12.5 Å². The van der Waals surface area contributed by atoms with Crippen LogP contribution in [0.15, 0.2) is 35.8 Å². The normalized spacial score (nSPS) is 12.2. The molecule has 0 saturated carbocycles. The molecular weight excluding hydrogens is 272 g/mol. The first-order valence-electron chi connectivity index (χ1n) is 6.62. The Balaban J connectivity index is 2.04. The number of rotatable bonds is 7. The van der Waals surface area contributed by atoms with Crippen molar-refractivity contribution in [1.82, 2.24) is 10.3 Å². The van der Waals surface area contributed by atoms with Crippen molar-refractivity contribution in [2.75, 3.05) is 0 Å². The minimum absolute atomic E-state index is 0.0614. The van der Waals surface area contributed by atoms with E-state index in [1.165, 1.54) is 0 Å². The first-order valence-corrected chi connectivity index (χ1v) is 7.50. The van der Waals surface area contributed by atoms with Gasteiger partial charge in [-0.05, 0) is 17.5 Å². The molecule has 4 nitrogen and oxygen atoms in total. The highest BCUT2D eigenvalue weighted by Crippen LogP contribution is 2.20. The molecule has 1 unspecified atom stereocenters. The second kappa shape index (κ2) is 7.17. The Kier molecular flexibility index (Phi) is 5.26. The van der Waals surface area contributed by atoms with Gasteiger partial charge in [-0.1, -0.05) is 31.2 Å². The molecule has 0 aliphatic rings. The predicted octanol–water partition coefficient (Wildman–Crippen LogP) is 3.01. The van der Waals surface area contributed by atoms with Crippen molar-refractivity contribution in [3.63, 3.8) is 0 Å². The molecule has 0 fully saturated rings. The van der Waals surface area contributed by atoms with Crippen LogP contribution >= 0.6 is 11.3 Å². The van der Waals surface area contributed by atoms with Gasteiger partial charge in [-0.25, -0.2) is 4.98 Å². The van der Waals surface area contributed by atoms with Crippen molar-refractivity contribution in [2.24, 2.45) is 0 Å². The van der Waals surface area contributed by atoms with E-state index >= 15 is 0 Å². The minimum Gasteiger partial charge on any atom is -0.481 e. The molecule has 20 heavy (non-hydrogen) atoms. The molecule has 2 aromatic rings. The Morgan fingerprint density at radius 1 is 1.40 bits per heavy atom. The van der Waals surface area contributed by atoms with Gasteiger partial charge in [0.1, 0.15) is 5.01 Å². The van der Waals surface area contributed by atoms with Gasteiger partial charge < -0.3 is 10.4 Å². The first-order chi connectivity index (χ1) is 9.70. The molecule has 1 heterocycles. The van der Waals surface area contributed by atoms with Crippen molar-refractivity contribution >= 4 is 17.3 Å². The van der Waals surface area contributed by atoms with E-state index in [0.29, 0.717) is 6.54 Å². The summed E-state index contributed by atoms with van der Waals surface area (Å²) in [5.41, 5.74) is 1.89. The summed E-state index contributed by atoms with van der Waals surface area (Å²) in [5.74, 6) is -0.801. The topological polar surface area (TPSA) is 62.2 Å². The summed E-state index contributed by atoms with van der Waals surface area (Å²) in [7, 11) is 0. The maximum absolute atomic E-state index is 10.9. The smallest absolute Gasteiger partial charge is 0.307 e. The maximum atomic E-state index is 10.9. The number of carbonyl (C=O) groups is 1. The second-order valence-electron chi connectivity index (χ2n) is 4.55. The highest BCUT2D eigenvalue weighted by molar-refractivity contribution is 7.09. The molecule has 1 aromatic carbocycles. The van der Waals surface area contributed by atoms with Gasteiger partial charge in [0, 0.05) is 18.1 Å². The van der Waals surface area contributed by atoms with Gasteiger partial charge in [0.15, 0.2) is 0 Å². The molecule has 0 bridgehead atoms. The number of aromatic nitrogens is 1. The SMILES string of the molecule is CCC(NCc1ccccc1CC(=O)O)c1nccs1. The third-order valence-corrected chi connectivity index (χ3v) is 4.05. The third-order valence-electron chi connectivity index (χ3n) is 3.16. The predicted molar refractivity (Wildman–Crippen MR) is 79.8 cm³/mol. The van der Waals surface area contributed by atoms with Gasteiger partial charge in [-0.3, -0.25) is 4.79 Å². The van der Waals surface area contributed by atoms with E-state index in [2.05, 4.69) is 17.2 Å². The fourth-order valence-electron chi connectivity index (χ4n) is 2.11. The molecule has 0 aliphatic carbocycles. The molecule has 2 N–H and O–H groups in total. The number of nitrogens with zero attached hydrogens (tertiary/aromatic N) is 1. The highest BCUT2D eigenvalue weighted by Gasteiger charge is 2.12. The highest BCUT2D eigenvalue weighted by atomic mass is 32.1. The van der Waals surface area contributed by atoms with Crippen molar-refractivity contribution in [3.8, 4) is 0 Å². The standard InChI is InChI=1S/C15H18N2O2S/c1-2-13(15-16-7-8-20-15)17-10-12-6-4-3-5-11(12)9-14(18)19/h3-8,13,17H,2,9-10H2,1H3,(H,18,19). The summed E-state index contributed by atoms with van der Waals surface area (Å²) in [5, 5.41) is 15.4. The van der Waals surface area contributed by atoms with Crippen molar-refractivity contribution in [1.29, 1.82) is 0 Å². The molecule has 0 saturated heterocycles. The summed E-state index contributed by atoms with van der Waals surface area (Å²) in [4.78, 5) is 15.2. The zero-order valence-electron chi connectivity index (χ0n) is 11.4. The van der Waals surface area contributed by atoms with Crippen molar-refractivity contribution in [3.05, 3.63) is 52.0 Å². The average Bonchev–Trinajstić information content (AvgIpc) is 2.95. The summed E-state index contributed by atoms with van der Waals surface area (Å²) >= 11 is 1.64. The lowest BCUT2D eigenvalue weighted by molar-refractivity contribution is -0.136. The van der Waals surface area contributed by atoms with Gasteiger partial charge >= 0.3 is 5.97 Å². The average molecular weight is 290 g/mol. The lowest BCUT2D eigenvalue weighted by Gasteiger charge is -2.16. The van der Waals surface area contributed by atoms with Gasteiger partial charge in [-0.2, -0.15) is 0 Å². The van der Waals surface area contributed by atoms with Crippen LogP contribution in [0, 0.1) is 0 Å². The van der Waals surface area contributed by atoms with Crippen LogP contribution in [0.3, 0.4) is 0 Å². The molecule has 1 atom stereocenters. The molecule has 0 spiro atoms. The fraction of sp³-hybridized carbons (Fsp3) is 0.333. The quantitative estimate of drug-likeness (QED) is 0.823. The summed E-state index contributed by atoms with van der Waals surface area (Å²) < 4.78 is 0. The van der Waals surface area contributed by atoms with Crippen LogP contribution < -0.4 is 5.32 Å². The van der Waals surface area contributed by atoms with Crippen LogP contribution in [0.25, 0.3) is 0 Å². The molecular formula is C15H18N2O2S. The van der Waals surface area contributed by atoms with Crippen LogP contribution in [0.4, 0.5) is 0 Å². The molecule has 0 amide bonds. The number of benzene rings is 1. The largest absolute Gasteiger partial charge is 0.481 e. The Bertz CT molecular complexity index is 555. The number of hydrogen-bond acceptors (Lipinski definition) is 4. The minimum atomic E-state index is -0.801. The number of carboxylic acids is 1. The van der Waals surface area contributed by atoms with Crippen LogP contribution in [0.1, 0.15) is 35.5 Å².